The van der Waals surface area contributed by atoms with E-state index in [1.165, 1.54) is 19.4 Å². The van der Waals surface area contributed by atoms with Crippen molar-refractivity contribution in [3.05, 3.63) is 23.5 Å². The van der Waals surface area contributed by atoms with Gasteiger partial charge in [0, 0.05) is 18.8 Å². The van der Waals surface area contributed by atoms with Crippen LogP contribution in [-0.4, -0.2) is 23.2 Å². The predicted molar refractivity (Wildman–Crippen MR) is 45.6 cm³/mol. The number of carbonyl (C=O) groups is 1. The first kappa shape index (κ1) is 9.47. The van der Waals surface area contributed by atoms with Gasteiger partial charge in [-0.2, -0.15) is 0 Å². The number of ether oxygens (including phenoxy) is 1. The van der Waals surface area contributed by atoms with Gasteiger partial charge in [0.1, 0.15) is 11.3 Å². The van der Waals surface area contributed by atoms with Crippen molar-refractivity contribution in [2.24, 2.45) is 5.73 Å². The summed E-state index contributed by atoms with van der Waals surface area (Å²) in [5.41, 5.74) is 5.97. The van der Waals surface area contributed by atoms with Gasteiger partial charge in [-0.15, -0.1) is 0 Å². The molecule has 0 amide bonds. The second-order valence-electron chi connectivity index (χ2n) is 2.39. The van der Waals surface area contributed by atoms with E-state index >= 15 is 0 Å². The molecule has 1 heterocycles. The molecule has 5 nitrogen and oxygen atoms in total. The summed E-state index contributed by atoms with van der Waals surface area (Å²) in [5, 5.41) is 8.71. The summed E-state index contributed by atoms with van der Waals surface area (Å²) >= 11 is 0. The van der Waals surface area contributed by atoms with Crippen molar-refractivity contribution in [2.45, 2.75) is 6.54 Å². The lowest BCUT2D eigenvalue weighted by molar-refractivity contribution is 0.0693. The summed E-state index contributed by atoms with van der Waals surface area (Å²) in [6.07, 6.45) is 1.24. The van der Waals surface area contributed by atoms with E-state index in [0.29, 0.717) is 5.69 Å². The lowest BCUT2D eigenvalue weighted by Crippen LogP contribution is -2.05. The highest BCUT2D eigenvalue weighted by Crippen LogP contribution is 2.17. The number of aromatic nitrogens is 1. The Morgan fingerprint density at radius 1 is 1.77 bits per heavy atom. The number of rotatable bonds is 3. The van der Waals surface area contributed by atoms with Crippen molar-refractivity contribution in [3.8, 4) is 5.75 Å². The van der Waals surface area contributed by atoms with Crippen LogP contribution in [0.15, 0.2) is 12.3 Å². The summed E-state index contributed by atoms with van der Waals surface area (Å²) in [5.74, 6) is -0.782. The number of methoxy groups -OCH3 is 1. The van der Waals surface area contributed by atoms with Crippen LogP contribution < -0.4 is 10.5 Å². The molecule has 1 aromatic rings. The van der Waals surface area contributed by atoms with Crippen LogP contribution in [0.4, 0.5) is 0 Å². The van der Waals surface area contributed by atoms with Crippen molar-refractivity contribution in [1.82, 2.24) is 4.98 Å². The number of hydrogen-bond acceptors (Lipinski definition) is 4. The van der Waals surface area contributed by atoms with Gasteiger partial charge in [-0.1, -0.05) is 0 Å². The van der Waals surface area contributed by atoms with Crippen LogP contribution in [0.3, 0.4) is 0 Å². The number of nitrogens with zero attached hydrogens (tertiary/aromatic N) is 1. The monoisotopic (exact) mass is 182 g/mol. The first-order chi connectivity index (χ1) is 6.19. The quantitative estimate of drug-likeness (QED) is 0.699. The number of aromatic carboxylic acids is 1. The van der Waals surface area contributed by atoms with Gasteiger partial charge in [0.25, 0.3) is 0 Å². The van der Waals surface area contributed by atoms with E-state index in [2.05, 4.69) is 4.98 Å². The number of hydrogen-bond donors (Lipinski definition) is 2. The largest absolute Gasteiger partial charge is 0.496 e. The topological polar surface area (TPSA) is 85.4 Å². The van der Waals surface area contributed by atoms with Crippen molar-refractivity contribution in [2.75, 3.05) is 7.11 Å². The highest BCUT2D eigenvalue weighted by atomic mass is 16.5. The van der Waals surface area contributed by atoms with Crippen LogP contribution in [0.1, 0.15) is 16.1 Å². The van der Waals surface area contributed by atoms with Crippen LogP contribution in [0.2, 0.25) is 0 Å². The molecule has 0 radical (unpaired) electrons. The lowest BCUT2D eigenvalue weighted by atomic mass is 10.2. The van der Waals surface area contributed by atoms with Crippen LogP contribution in [0.5, 0.6) is 5.75 Å². The molecule has 0 fully saturated rings. The van der Waals surface area contributed by atoms with Gasteiger partial charge in [0.05, 0.1) is 12.8 Å². The molecule has 3 N–H and O–H groups in total. The Labute approximate surface area is 75.2 Å². The standard InChI is InChI=1S/C8H10N2O3/c1-13-7-2-5(3-9)10-4-6(7)8(11)12/h2,4H,3,9H2,1H3,(H,11,12). The van der Waals surface area contributed by atoms with E-state index in [0.717, 1.165) is 0 Å². The highest BCUT2D eigenvalue weighted by Gasteiger charge is 2.11. The maximum atomic E-state index is 10.6. The van der Waals surface area contributed by atoms with E-state index in [9.17, 15) is 4.79 Å². The zero-order valence-corrected chi connectivity index (χ0v) is 7.15. The van der Waals surface area contributed by atoms with Gasteiger partial charge in [-0.3, -0.25) is 4.98 Å². The zero-order valence-electron chi connectivity index (χ0n) is 7.15. The summed E-state index contributed by atoms with van der Waals surface area (Å²) < 4.78 is 4.87. The first-order valence-corrected chi connectivity index (χ1v) is 3.65. The molecule has 0 unspecified atom stereocenters. The predicted octanol–water partition coefficient (Wildman–Crippen LogP) is 0.247. The van der Waals surface area contributed by atoms with Gasteiger partial charge in [0.15, 0.2) is 0 Å². The number of nitrogens with two attached hydrogens (primary N) is 1. The molecule has 0 spiro atoms. The molecule has 13 heavy (non-hydrogen) atoms. The summed E-state index contributed by atoms with van der Waals surface area (Å²) in [7, 11) is 1.40. The Hall–Kier alpha value is -1.62. The maximum absolute atomic E-state index is 10.6. The molecule has 0 saturated heterocycles. The van der Waals surface area contributed by atoms with E-state index in [1.54, 1.807) is 0 Å². The molecule has 70 valence electrons. The third kappa shape index (κ3) is 1.94. The molecule has 1 rings (SSSR count). The molecule has 0 aliphatic heterocycles. The molecule has 1 aromatic heterocycles. The average molecular weight is 182 g/mol. The third-order valence-corrected chi connectivity index (χ3v) is 1.58. The van der Waals surface area contributed by atoms with Gasteiger partial charge < -0.3 is 15.6 Å². The molecule has 0 saturated carbocycles. The minimum Gasteiger partial charge on any atom is -0.496 e. The van der Waals surface area contributed by atoms with E-state index in [-0.39, 0.29) is 17.9 Å². The number of pyridine rings is 1. The summed E-state index contributed by atoms with van der Waals surface area (Å²) in [6, 6.07) is 1.52. The fourth-order valence-corrected chi connectivity index (χ4v) is 0.919. The molecular formula is C8H10N2O3. The molecule has 0 aliphatic rings. The van der Waals surface area contributed by atoms with Crippen LogP contribution >= 0.6 is 0 Å². The Morgan fingerprint density at radius 2 is 2.46 bits per heavy atom. The highest BCUT2D eigenvalue weighted by molar-refractivity contribution is 5.90. The molecule has 0 atom stereocenters. The molecule has 0 bridgehead atoms. The molecular weight excluding hydrogens is 172 g/mol. The van der Waals surface area contributed by atoms with Gasteiger partial charge >= 0.3 is 5.97 Å². The normalized spacial score (nSPS) is 9.69. The third-order valence-electron chi connectivity index (χ3n) is 1.58. The Balaban J connectivity index is 3.15. The van der Waals surface area contributed by atoms with Gasteiger partial charge in [-0.05, 0) is 0 Å². The minimum absolute atomic E-state index is 0.0414. The van der Waals surface area contributed by atoms with Gasteiger partial charge in [0.2, 0.25) is 0 Å². The van der Waals surface area contributed by atoms with Crippen LogP contribution in [0, 0.1) is 0 Å². The van der Waals surface area contributed by atoms with E-state index in [4.69, 9.17) is 15.6 Å². The summed E-state index contributed by atoms with van der Waals surface area (Å²) in [4.78, 5) is 14.5. The van der Waals surface area contributed by atoms with Crippen molar-refractivity contribution < 1.29 is 14.6 Å². The summed E-state index contributed by atoms with van der Waals surface area (Å²) in [6.45, 7) is 0.260. The SMILES string of the molecule is COc1cc(CN)ncc1C(=O)O. The molecule has 0 aromatic carbocycles. The Bertz CT molecular complexity index is 325. The van der Waals surface area contributed by atoms with Gasteiger partial charge in [-0.25, -0.2) is 4.79 Å². The van der Waals surface area contributed by atoms with Crippen LogP contribution in [0.25, 0.3) is 0 Å². The van der Waals surface area contributed by atoms with Crippen molar-refractivity contribution in [1.29, 1.82) is 0 Å². The molecule has 0 aliphatic carbocycles. The Kier molecular flexibility index (Phi) is 2.81. The number of carboxylic acids is 1. The fraction of sp³-hybridized carbons (Fsp3) is 0.250. The maximum Gasteiger partial charge on any atom is 0.341 e. The zero-order chi connectivity index (χ0) is 9.84. The van der Waals surface area contributed by atoms with E-state index in [1.807, 2.05) is 0 Å². The molecule has 5 heteroatoms. The van der Waals surface area contributed by atoms with Crippen molar-refractivity contribution >= 4 is 5.97 Å². The number of carboxylic acid groups (broad SMARTS) is 1. The van der Waals surface area contributed by atoms with Crippen molar-refractivity contribution in [3.63, 3.8) is 0 Å². The van der Waals surface area contributed by atoms with Crippen LogP contribution in [-0.2, 0) is 6.54 Å². The van der Waals surface area contributed by atoms with E-state index < -0.39 is 5.97 Å². The second-order valence-corrected chi connectivity index (χ2v) is 2.39. The average Bonchev–Trinajstić information content (AvgIpc) is 2.16. The minimum atomic E-state index is -1.06. The fourth-order valence-electron chi connectivity index (χ4n) is 0.919. The Morgan fingerprint density at radius 3 is 2.92 bits per heavy atom. The lowest BCUT2D eigenvalue weighted by Gasteiger charge is -2.05. The second kappa shape index (κ2) is 3.86. The smallest absolute Gasteiger partial charge is 0.341 e. The first-order valence-electron chi connectivity index (χ1n) is 3.65.